The minimum Gasteiger partial charge on any atom is -0.357 e. The molecule has 0 radical (unpaired) electrons. The molecule has 0 heterocycles. The highest BCUT2D eigenvalue weighted by atomic mass is 15.2. The summed E-state index contributed by atoms with van der Waals surface area (Å²) in [5, 5.41) is 6.92. The minimum absolute atomic E-state index is 0.476. The van der Waals surface area contributed by atoms with Crippen LogP contribution >= 0.6 is 0 Å². The first-order valence-corrected chi connectivity index (χ1v) is 8.65. The van der Waals surface area contributed by atoms with Gasteiger partial charge < -0.3 is 15.5 Å². The molecule has 0 aliphatic heterocycles. The van der Waals surface area contributed by atoms with Crippen molar-refractivity contribution in [2.75, 3.05) is 27.2 Å². The summed E-state index contributed by atoms with van der Waals surface area (Å²) in [6, 6.07) is 1.07. The molecular weight excluding hydrogens is 260 g/mol. The van der Waals surface area contributed by atoms with Gasteiger partial charge in [0.15, 0.2) is 5.96 Å². The highest BCUT2D eigenvalue weighted by molar-refractivity contribution is 5.80. The van der Waals surface area contributed by atoms with Crippen LogP contribution in [-0.2, 0) is 0 Å². The first-order chi connectivity index (χ1) is 9.93. The smallest absolute Gasteiger partial charge is 0.191 e. The predicted octanol–water partition coefficient (Wildman–Crippen LogP) is 2.71. The van der Waals surface area contributed by atoms with Crippen LogP contribution in [0.1, 0.15) is 53.4 Å². The van der Waals surface area contributed by atoms with Crippen molar-refractivity contribution in [1.29, 1.82) is 0 Å². The van der Waals surface area contributed by atoms with Crippen LogP contribution < -0.4 is 10.6 Å². The highest BCUT2D eigenvalue weighted by Crippen LogP contribution is 2.34. The van der Waals surface area contributed by atoms with Gasteiger partial charge in [-0.25, -0.2) is 0 Å². The maximum Gasteiger partial charge on any atom is 0.191 e. The van der Waals surface area contributed by atoms with Gasteiger partial charge in [-0.05, 0) is 65.5 Å². The zero-order valence-corrected chi connectivity index (χ0v) is 14.9. The second-order valence-corrected chi connectivity index (χ2v) is 7.10. The quantitative estimate of drug-likeness (QED) is 0.508. The van der Waals surface area contributed by atoms with Gasteiger partial charge in [0.25, 0.3) is 0 Å². The summed E-state index contributed by atoms with van der Waals surface area (Å²) < 4.78 is 0. The van der Waals surface area contributed by atoms with E-state index in [2.05, 4.69) is 57.3 Å². The molecule has 0 aromatic heterocycles. The van der Waals surface area contributed by atoms with Crippen molar-refractivity contribution in [3.05, 3.63) is 0 Å². The van der Waals surface area contributed by atoms with E-state index in [0.29, 0.717) is 12.1 Å². The Morgan fingerprint density at radius 1 is 1.19 bits per heavy atom. The van der Waals surface area contributed by atoms with Crippen LogP contribution in [0.25, 0.3) is 0 Å². The molecule has 4 nitrogen and oxygen atoms in total. The van der Waals surface area contributed by atoms with Crippen molar-refractivity contribution in [3.63, 3.8) is 0 Å². The van der Waals surface area contributed by atoms with Crippen LogP contribution in [-0.4, -0.2) is 50.1 Å². The second kappa shape index (κ2) is 9.29. The molecule has 1 fully saturated rings. The van der Waals surface area contributed by atoms with E-state index in [9.17, 15) is 0 Å². The Morgan fingerprint density at radius 2 is 1.86 bits per heavy atom. The Labute approximate surface area is 131 Å². The van der Waals surface area contributed by atoms with Gasteiger partial charge in [0, 0.05) is 18.6 Å². The number of nitrogens with one attached hydrogen (secondary N) is 2. The number of nitrogens with zero attached hydrogens (tertiary/aromatic N) is 2. The molecule has 0 spiro atoms. The molecule has 0 saturated heterocycles. The molecular formula is C17H36N4. The Kier molecular flexibility index (Phi) is 8.09. The van der Waals surface area contributed by atoms with Crippen LogP contribution in [0.2, 0.25) is 0 Å². The van der Waals surface area contributed by atoms with Gasteiger partial charge in [-0.2, -0.15) is 0 Å². The van der Waals surface area contributed by atoms with E-state index in [0.717, 1.165) is 30.9 Å². The summed E-state index contributed by atoms with van der Waals surface area (Å²) in [4.78, 5) is 7.14. The van der Waals surface area contributed by atoms with E-state index in [1.165, 1.54) is 25.7 Å². The zero-order chi connectivity index (χ0) is 15.8. The van der Waals surface area contributed by atoms with Gasteiger partial charge in [0.05, 0.1) is 6.54 Å². The Hall–Kier alpha value is -0.770. The number of rotatable bonds is 9. The molecule has 2 N–H and O–H groups in total. The van der Waals surface area contributed by atoms with Gasteiger partial charge >= 0.3 is 0 Å². The fourth-order valence-corrected chi connectivity index (χ4v) is 2.61. The van der Waals surface area contributed by atoms with E-state index in [1.807, 2.05) is 0 Å². The molecule has 2 unspecified atom stereocenters. The lowest BCUT2D eigenvalue weighted by Crippen LogP contribution is -2.43. The third-order valence-corrected chi connectivity index (χ3v) is 4.17. The summed E-state index contributed by atoms with van der Waals surface area (Å²) in [6.45, 7) is 10.7. The van der Waals surface area contributed by atoms with Gasteiger partial charge in [-0.3, -0.25) is 4.99 Å². The van der Waals surface area contributed by atoms with Crippen LogP contribution in [0.4, 0.5) is 0 Å². The van der Waals surface area contributed by atoms with E-state index in [1.54, 1.807) is 0 Å². The topological polar surface area (TPSA) is 39.7 Å². The standard InChI is InChI=1S/C17H36N4/c1-7-18-17(20-14(4)9-8-13(2)3)19-12-16(21(5)6)15-10-11-15/h13-16H,7-12H2,1-6H3,(H2,18,19,20). The highest BCUT2D eigenvalue weighted by Gasteiger charge is 2.32. The summed E-state index contributed by atoms with van der Waals surface area (Å²) in [5.74, 6) is 2.59. The van der Waals surface area contributed by atoms with Crippen molar-refractivity contribution < 1.29 is 0 Å². The van der Waals surface area contributed by atoms with Gasteiger partial charge in [0.1, 0.15) is 0 Å². The van der Waals surface area contributed by atoms with E-state index < -0.39 is 0 Å². The summed E-state index contributed by atoms with van der Waals surface area (Å²) in [5.41, 5.74) is 0. The molecule has 1 aliphatic carbocycles. The van der Waals surface area contributed by atoms with Crippen LogP contribution in [0.5, 0.6) is 0 Å². The average molecular weight is 297 g/mol. The molecule has 4 heteroatoms. The molecule has 1 aliphatic rings. The number of likely N-dealkylation sites (N-methyl/N-ethyl adjacent to an activating group) is 1. The molecule has 0 aromatic rings. The fourth-order valence-electron chi connectivity index (χ4n) is 2.61. The first kappa shape index (κ1) is 18.3. The van der Waals surface area contributed by atoms with Crippen molar-refractivity contribution in [1.82, 2.24) is 15.5 Å². The minimum atomic E-state index is 0.476. The zero-order valence-electron chi connectivity index (χ0n) is 14.9. The number of hydrogen-bond acceptors (Lipinski definition) is 2. The SMILES string of the molecule is CCNC(=NCC(C1CC1)N(C)C)NC(C)CCC(C)C. The second-order valence-electron chi connectivity index (χ2n) is 7.10. The molecule has 1 rings (SSSR count). The Bertz CT molecular complexity index is 306. The number of aliphatic imine (C=N–C) groups is 1. The fraction of sp³-hybridized carbons (Fsp3) is 0.941. The lowest BCUT2D eigenvalue weighted by molar-refractivity contribution is 0.271. The number of hydrogen-bond donors (Lipinski definition) is 2. The van der Waals surface area contributed by atoms with E-state index in [-0.39, 0.29) is 0 Å². The molecule has 0 amide bonds. The average Bonchev–Trinajstić information content (AvgIpc) is 3.21. The van der Waals surface area contributed by atoms with Crippen molar-refractivity contribution in [2.24, 2.45) is 16.8 Å². The summed E-state index contributed by atoms with van der Waals surface area (Å²) in [6.07, 6.45) is 5.19. The van der Waals surface area contributed by atoms with Gasteiger partial charge in [-0.1, -0.05) is 13.8 Å². The van der Waals surface area contributed by atoms with Gasteiger partial charge in [-0.15, -0.1) is 0 Å². The van der Waals surface area contributed by atoms with E-state index in [4.69, 9.17) is 4.99 Å². The third kappa shape index (κ3) is 7.70. The molecule has 1 saturated carbocycles. The predicted molar refractivity (Wildman–Crippen MR) is 92.8 cm³/mol. The monoisotopic (exact) mass is 296 g/mol. The molecule has 2 atom stereocenters. The van der Waals surface area contributed by atoms with Crippen molar-refractivity contribution in [3.8, 4) is 0 Å². The molecule has 0 bridgehead atoms. The van der Waals surface area contributed by atoms with E-state index >= 15 is 0 Å². The van der Waals surface area contributed by atoms with Crippen molar-refractivity contribution >= 4 is 5.96 Å². The summed E-state index contributed by atoms with van der Waals surface area (Å²) in [7, 11) is 4.34. The lowest BCUT2D eigenvalue weighted by Gasteiger charge is -2.24. The largest absolute Gasteiger partial charge is 0.357 e. The van der Waals surface area contributed by atoms with Crippen LogP contribution in [0, 0.1) is 11.8 Å². The lowest BCUT2D eigenvalue weighted by atomic mass is 10.0. The normalized spacial score (nSPS) is 19.0. The maximum atomic E-state index is 4.82. The van der Waals surface area contributed by atoms with Crippen LogP contribution in [0.3, 0.4) is 0 Å². The van der Waals surface area contributed by atoms with Crippen molar-refractivity contribution in [2.45, 2.75) is 65.5 Å². The third-order valence-electron chi connectivity index (χ3n) is 4.17. The molecule has 21 heavy (non-hydrogen) atoms. The molecule has 124 valence electrons. The maximum absolute atomic E-state index is 4.82. The first-order valence-electron chi connectivity index (χ1n) is 8.65. The number of guanidine groups is 1. The molecule has 0 aromatic carbocycles. The Balaban J connectivity index is 2.48. The summed E-state index contributed by atoms with van der Waals surface area (Å²) >= 11 is 0. The van der Waals surface area contributed by atoms with Crippen LogP contribution in [0.15, 0.2) is 4.99 Å². The van der Waals surface area contributed by atoms with Gasteiger partial charge in [0.2, 0.25) is 0 Å². The Morgan fingerprint density at radius 3 is 2.33 bits per heavy atom.